The first-order valence-corrected chi connectivity index (χ1v) is 9.92. The van der Waals surface area contributed by atoms with Gasteiger partial charge >= 0.3 is 0 Å². The summed E-state index contributed by atoms with van der Waals surface area (Å²) in [6.45, 7) is 3.59. The van der Waals surface area contributed by atoms with E-state index in [0.29, 0.717) is 27.2 Å². The number of methoxy groups -OCH3 is 1. The van der Waals surface area contributed by atoms with Crippen molar-refractivity contribution in [3.63, 3.8) is 0 Å². The van der Waals surface area contributed by atoms with E-state index in [-0.39, 0.29) is 17.6 Å². The Labute approximate surface area is 172 Å². The molecule has 2 N–H and O–H groups in total. The van der Waals surface area contributed by atoms with Gasteiger partial charge in [0.25, 0.3) is 0 Å². The standard InChI is InChI=1S/C19H20Cl2N2O3S/c1-11-8-16(17(26-3)9-15(11)21)23-18(24)10-27-12(2)19(25)22-14-6-4-13(20)5-7-14/h4-9,12H,10H2,1-3H3,(H,22,25)(H,23,24). The van der Waals surface area contributed by atoms with Crippen LogP contribution in [0, 0.1) is 6.92 Å². The minimum absolute atomic E-state index is 0.125. The summed E-state index contributed by atoms with van der Waals surface area (Å²) in [6, 6.07) is 10.2. The molecule has 8 heteroatoms. The third-order valence-electron chi connectivity index (χ3n) is 3.70. The van der Waals surface area contributed by atoms with Crippen LogP contribution >= 0.6 is 35.0 Å². The molecule has 0 radical (unpaired) electrons. The van der Waals surface area contributed by atoms with Crippen LogP contribution in [0.1, 0.15) is 12.5 Å². The molecule has 2 amide bonds. The van der Waals surface area contributed by atoms with Gasteiger partial charge in [-0.3, -0.25) is 9.59 Å². The largest absolute Gasteiger partial charge is 0.495 e. The van der Waals surface area contributed by atoms with E-state index in [9.17, 15) is 9.59 Å². The van der Waals surface area contributed by atoms with Crippen molar-refractivity contribution in [2.45, 2.75) is 19.1 Å². The lowest BCUT2D eigenvalue weighted by molar-refractivity contribution is -0.115. The number of amides is 2. The lowest BCUT2D eigenvalue weighted by atomic mass is 10.2. The van der Waals surface area contributed by atoms with Crippen molar-refractivity contribution < 1.29 is 14.3 Å². The average molecular weight is 427 g/mol. The van der Waals surface area contributed by atoms with Gasteiger partial charge in [-0.1, -0.05) is 23.2 Å². The second-order valence-electron chi connectivity index (χ2n) is 5.80. The van der Waals surface area contributed by atoms with Gasteiger partial charge in [-0.2, -0.15) is 0 Å². The lowest BCUT2D eigenvalue weighted by Gasteiger charge is -2.14. The van der Waals surface area contributed by atoms with E-state index in [2.05, 4.69) is 10.6 Å². The summed E-state index contributed by atoms with van der Waals surface area (Å²) < 4.78 is 5.24. The molecule has 2 aromatic rings. The summed E-state index contributed by atoms with van der Waals surface area (Å²) in [5, 5.41) is 6.34. The van der Waals surface area contributed by atoms with Crippen molar-refractivity contribution in [2.24, 2.45) is 0 Å². The highest BCUT2D eigenvalue weighted by molar-refractivity contribution is 8.01. The zero-order chi connectivity index (χ0) is 20.0. The maximum absolute atomic E-state index is 12.2. The van der Waals surface area contributed by atoms with Crippen LogP contribution in [0.2, 0.25) is 10.0 Å². The summed E-state index contributed by atoms with van der Waals surface area (Å²) in [7, 11) is 1.51. The second-order valence-corrected chi connectivity index (χ2v) is 7.97. The first-order chi connectivity index (χ1) is 12.8. The molecule has 0 spiro atoms. The number of carbonyl (C=O) groups is 2. The number of rotatable bonds is 7. The highest BCUT2D eigenvalue weighted by atomic mass is 35.5. The van der Waals surface area contributed by atoms with E-state index in [1.807, 2.05) is 6.92 Å². The van der Waals surface area contributed by atoms with Crippen LogP contribution in [-0.2, 0) is 9.59 Å². The predicted octanol–water partition coefficient (Wildman–Crippen LogP) is 5.01. The molecule has 2 aromatic carbocycles. The highest BCUT2D eigenvalue weighted by Gasteiger charge is 2.17. The first kappa shape index (κ1) is 21.4. The van der Waals surface area contributed by atoms with E-state index in [1.165, 1.54) is 18.9 Å². The summed E-state index contributed by atoms with van der Waals surface area (Å²) in [6.07, 6.45) is 0. The van der Waals surface area contributed by atoms with Crippen LogP contribution in [0.3, 0.4) is 0 Å². The van der Waals surface area contributed by atoms with Gasteiger partial charge in [-0.15, -0.1) is 11.8 Å². The molecule has 0 bridgehead atoms. The van der Waals surface area contributed by atoms with Crippen LogP contribution in [0.4, 0.5) is 11.4 Å². The number of nitrogens with one attached hydrogen (secondary N) is 2. The molecule has 0 aromatic heterocycles. The highest BCUT2D eigenvalue weighted by Crippen LogP contribution is 2.31. The third-order valence-corrected chi connectivity index (χ3v) is 5.50. The quantitative estimate of drug-likeness (QED) is 0.652. The molecular formula is C19H20Cl2N2O3S. The molecule has 0 aliphatic rings. The Bertz CT molecular complexity index is 828. The number of thioether (sulfide) groups is 1. The Morgan fingerprint density at radius 3 is 2.44 bits per heavy atom. The van der Waals surface area contributed by atoms with Gasteiger partial charge in [0.2, 0.25) is 11.8 Å². The van der Waals surface area contributed by atoms with Gasteiger partial charge in [-0.25, -0.2) is 0 Å². The normalized spacial score (nSPS) is 11.6. The monoisotopic (exact) mass is 426 g/mol. The molecule has 5 nitrogen and oxygen atoms in total. The summed E-state index contributed by atoms with van der Waals surface area (Å²) >= 11 is 13.1. The fourth-order valence-electron chi connectivity index (χ4n) is 2.17. The Morgan fingerprint density at radius 1 is 1.15 bits per heavy atom. The van der Waals surface area contributed by atoms with Crippen LogP contribution in [-0.4, -0.2) is 29.9 Å². The smallest absolute Gasteiger partial charge is 0.237 e. The third kappa shape index (κ3) is 6.34. The van der Waals surface area contributed by atoms with Gasteiger partial charge in [0.05, 0.1) is 23.8 Å². The summed E-state index contributed by atoms with van der Waals surface area (Å²) in [5.74, 6) is 0.193. The van der Waals surface area contributed by atoms with Crippen molar-refractivity contribution in [1.29, 1.82) is 0 Å². The van der Waals surface area contributed by atoms with E-state index in [0.717, 1.165) is 5.56 Å². The Morgan fingerprint density at radius 2 is 1.81 bits per heavy atom. The van der Waals surface area contributed by atoms with Crippen LogP contribution in [0.15, 0.2) is 36.4 Å². The predicted molar refractivity (Wildman–Crippen MR) is 113 cm³/mol. The number of anilines is 2. The molecule has 0 saturated carbocycles. The number of hydrogen-bond donors (Lipinski definition) is 2. The molecule has 0 saturated heterocycles. The van der Waals surface area contributed by atoms with Crippen molar-refractivity contribution in [2.75, 3.05) is 23.5 Å². The Kier molecular flexibility index (Phi) is 7.83. The number of halogens is 2. The number of benzene rings is 2. The summed E-state index contributed by atoms with van der Waals surface area (Å²) in [4.78, 5) is 24.5. The molecule has 0 aliphatic carbocycles. The SMILES string of the molecule is COc1cc(Cl)c(C)cc1NC(=O)CSC(C)C(=O)Nc1ccc(Cl)cc1. The zero-order valence-corrected chi connectivity index (χ0v) is 17.5. The number of aryl methyl sites for hydroxylation is 1. The van der Waals surface area contributed by atoms with Gasteiger partial charge in [0.15, 0.2) is 0 Å². The maximum Gasteiger partial charge on any atom is 0.237 e. The Balaban J connectivity index is 1.88. The van der Waals surface area contributed by atoms with Crippen molar-refractivity contribution in [3.8, 4) is 5.75 Å². The lowest BCUT2D eigenvalue weighted by Crippen LogP contribution is -2.25. The van der Waals surface area contributed by atoms with Gasteiger partial charge < -0.3 is 15.4 Å². The molecule has 0 aliphatic heterocycles. The second kappa shape index (κ2) is 9.88. The summed E-state index contributed by atoms with van der Waals surface area (Å²) in [5.41, 5.74) is 2.03. The topological polar surface area (TPSA) is 67.4 Å². The zero-order valence-electron chi connectivity index (χ0n) is 15.1. The minimum atomic E-state index is -0.403. The fraction of sp³-hybridized carbons (Fsp3) is 0.263. The average Bonchev–Trinajstić information content (AvgIpc) is 2.64. The number of carbonyl (C=O) groups excluding carboxylic acids is 2. The van der Waals surface area contributed by atoms with Gasteiger partial charge in [0, 0.05) is 21.8 Å². The first-order valence-electron chi connectivity index (χ1n) is 8.12. The van der Waals surface area contributed by atoms with Crippen LogP contribution in [0.25, 0.3) is 0 Å². The molecular weight excluding hydrogens is 407 g/mol. The molecule has 1 atom stereocenters. The van der Waals surface area contributed by atoms with Crippen LogP contribution in [0.5, 0.6) is 5.75 Å². The molecule has 144 valence electrons. The van der Waals surface area contributed by atoms with E-state index in [4.69, 9.17) is 27.9 Å². The number of hydrogen-bond acceptors (Lipinski definition) is 4. The number of ether oxygens (including phenoxy) is 1. The van der Waals surface area contributed by atoms with Crippen molar-refractivity contribution in [3.05, 3.63) is 52.0 Å². The van der Waals surface area contributed by atoms with E-state index >= 15 is 0 Å². The van der Waals surface area contributed by atoms with Crippen molar-refractivity contribution >= 4 is 58.2 Å². The van der Waals surface area contributed by atoms with Gasteiger partial charge in [0.1, 0.15) is 5.75 Å². The molecule has 2 rings (SSSR count). The Hall–Kier alpha value is -1.89. The van der Waals surface area contributed by atoms with E-state index in [1.54, 1.807) is 43.3 Å². The molecule has 1 unspecified atom stereocenters. The maximum atomic E-state index is 12.2. The molecule has 0 fully saturated rings. The molecule has 0 heterocycles. The van der Waals surface area contributed by atoms with Crippen molar-refractivity contribution in [1.82, 2.24) is 0 Å². The molecule has 27 heavy (non-hydrogen) atoms. The van der Waals surface area contributed by atoms with Crippen LogP contribution < -0.4 is 15.4 Å². The minimum Gasteiger partial charge on any atom is -0.495 e. The van der Waals surface area contributed by atoms with Gasteiger partial charge in [-0.05, 0) is 49.7 Å². The fourth-order valence-corrected chi connectivity index (χ4v) is 3.13. The van der Waals surface area contributed by atoms with E-state index < -0.39 is 5.25 Å².